The zero-order valence-electron chi connectivity index (χ0n) is 22.0. The molecule has 0 aliphatic carbocycles. The highest BCUT2D eigenvalue weighted by Crippen LogP contribution is 2.34. The fourth-order valence-corrected chi connectivity index (χ4v) is 4.82. The molecule has 9 heteroatoms. The minimum atomic E-state index is -4.73. The van der Waals surface area contributed by atoms with Crippen molar-refractivity contribution >= 4 is 23.3 Å². The zero-order chi connectivity index (χ0) is 28.1. The summed E-state index contributed by atoms with van der Waals surface area (Å²) in [6, 6.07) is 7.92. The maximum atomic E-state index is 13.6. The monoisotopic (exact) mass is 532 g/mol. The van der Waals surface area contributed by atoms with E-state index in [0.717, 1.165) is 25.0 Å². The van der Waals surface area contributed by atoms with Crippen molar-refractivity contribution in [1.82, 2.24) is 4.90 Å². The second kappa shape index (κ2) is 12.1. The van der Waals surface area contributed by atoms with Crippen molar-refractivity contribution < 1.29 is 32.7 Å². The number of aliphatic hydroxyl groups is 1. The van der Waals surface area contributed by atoms with Crippen LogP contribution in [0, 0.1) is 5.92 Å². The summed E-state index contributed by atoms with van der Waals surface area (Å²) in [6.45, 7) is 6.41. The van der Waals surface area contributed by atoms with Gasteiger partial charge in [-0.2, -0.15) is 13.2 Å². The summed E-state index contributed by atoms with van der Waals surface area (Å²) in [5.74, 6) is -0.379. The molecule has 0 atom stereocenters. The number of anilines is 1. The second-order valence-electron chi connectivity index (χ2n) is 10.0. The molecule has 1 aliphatic heterocycles. The Hall–Kier alpha value is -3.20. The van der Waals surface area contributed by atoms with Gasteiger partial charge in [0.15, 0.2) is 11.6 Å². The molecular weight excluding hydrogens is 497 g/mol. The van der Waals surface area contributed by atoms with Crippen LogP contribution in [0.5, 0.6) is 0 Å². The van der Waals surface area contributed by atoms with E-state index < -0.39 is 29.2 Å². The van der Waals surface area contributed by atoms with Crippen LogP contribution in [0.4, 0.5) is 23.7 Å². The van der Waals surface area contributed by atoms with Gasteiger partial charge in [-0.15, -0.1) is 0 Å². The maximum Gasteiger partial charge on any atom is 0.416 e. The van der Waals surface area contributed by atoms with Gasteiger partial charge in [0, 0.05) is 41.9 Å². The molecular formula is C29H35F3N2O4. The van der Waals surface area contributed by atoms with Crippen molar-refractivity contribution in [2.45, 2.75) is 71.1 Å². The third kappa shape index (κ3) is 7.22. The third-order valence-corrected chi connectivity index (χ3v) is 7.37. The smallest absolute Gasteiger partial charge is 0.390 e. The van der Waals surface area contributed by atoms with E-state index in [9.17, 15) is 32.7 Å². The number of Topliss-reactive ketones (excluding diaryl/α,β-unsaturated/α-hetero) is 1. The van der Waals surface area contributed by atoms with Gasteiger partial charge in [0.25, 0.3) is 0 Å². The fourth-order valence-electron chi connectivity index (χ4n) is 4.82. The lowest BCUT2D eigenvalue weighted by Crippen LogP contribution is -2.48. The predicted molar refractivity (Wildman–Crippen MR) is 139 cm³/mol. The van der Waals surface area contributed by atoms with Gasteiger partial charge in [-0.25, -0.2) is 4.79 Å². The van der Waals surface area contributed by atoms with E-state index in [1.54, 1.807) is 6.92 Å². The first kappa shape index (κ1) is 29.4. The fraction of sp³-hybridized carbons (Fsp3) is 0.483. The summed E-state index contributed by atoms with van der Waals surface area (Å²) in [5, 5.41) is 13.4. The van der Waals surface area contributed by atoms with Crippen LogP contribution >= 0.6 is 0 Å². The summed E-state index contributed by atoms with van der Waals surface area (Å²) >= 11 is 0. The lowest BCUT2D eigenvalue weighted by molar-refractivity contribution is -0.137. The van der Waals surface area contributed by atoms with E-state index in [0.29, 0.717) is 30.7 Å². The molecule has 2 amide bonds. The van der Waals surface area contributed by atoms with Crippen LogP contribution in [-0.4, -0.2) is 46.3 Å². The van der Waals surface area contributed by atoms with Crippen LogP contribution in [0.3, 0.4) is 0 Å². The van der Waals surface area contributed by atoms with Crippen molar-refractivity contribution in [2.75, 3.05) is 18.4 Å². The number of urea groups is 1. The number of amides is 2. The highest BCUT2D eigenvalue weighted by molar-refractivity contribution is 6.10. The SMILES string of the molecule is CCC(=O)c1ccc(C(=O)c2cc(NC(=O)N3CCC(O)(CC(CC)CC)CC3)cc(C(F)(F)F)c2)cc1. The van der Waals surface area contributed by atoms with E-state index in [2.05, 4.69) is 19.2 Å². The highest BCUT2D eigenvalue weighted by Gasteiger charge is 2.36. The predicted octanol–water partition coefficient (Wildman–Crippen LogP) is 6.71. The second-order valence-corrected chi connectivity index (χ2v) is 10.0. The summed E-state index contributed by atoms with van der Waals surface area (Å²) in [4.78, 5) is 39.2. The first-order valence-corrected chi connectivity index (χ1v) is 13.1. The van der Waals surface area contributed by atoms with E-state index in [1.807, 2.05) is 0 Å². The average Bonchev–Trinajstić information content (AvgIpc) is 2.90. The summed E-state index contributed by atoms with van der Waals surface area (Å²) < 4.78 is 40.9. The number of carbonyl (C=O) groups is 3. The molecule has 1 fully saturated rings. The Kier molecular flexibility index (Phi) is 9.35. The number of nitrogens with one attached hydrogen (secondary N) is 1. The minimum absolute atomic E-state index is 0.111. The number of alkyl halides is 3. The minimum Gasteiger partial charge on any atom is -0.390 e. The van der Waals surface area contributed by atoms with Gasteiger partial charge < -0.3 is 15.3 Å². The lowest BCUT2D eigenvalue weighted by Gasteiger charge is -2.39. The van der Waals surface area contributed by atoms with Gasteiger partial charge in [0.2, 0.25) is 0 Å². The van der Waals surface area contributed by atoms with Crippen molar-refractivity contribution in [3.8, 4) is 0 Å². The molecule has 206 valence electrons. The number of ketones is 2. The number of likely N-dealkylation sites (tertiary alicyclic amines) is 1. The number of rotatable bonds is 9. The normalized spacial score (nSPS) is 15.4. The first-order valence-electron chi connectivity index (χ1n) is 13.1. The Balaban J connectivity index is 1.77. The highest BCUT2D eigenvalue weighted by atomic mass is 19.4. The van der Waals surface area contributed by atoms with Crippen LogP contribution in [-0.2, 0) is 6.18 Å². The van der Waals surface area contributed by atoms with E-state index in [4.69, 9.17) is 0 Å². The molecule has 1 saturated heterocycles. The quantitative estimate of drug-likeness (QED) is 0.351. The van der Waals surface area contributed by atoms with Crippen molar-refractivity contribution in [3.05, 3.63) is 64.7 Å². The van der Waals surface area contributed by atoms with Crippen LogP contribution in [0.25, 0.3) is 0 Å². The Morgan fingerprint density at radius 3 is 2.05 bits per heavy atom. The Morgan fingerprint density at radius 2 is 1.53 bits per heavy atom. The molecule has 1 aliphatic rings. The number of nitrogens with zero attached hydrogens (tertiary/aromatic N) is 1. The van der Waals surface area contributed by atoms with Crippen LogP contribution in [0.2, 0.25) is 0 Å². The molecule has 0 saturated carbocycles. The van der Waals surface area contributed by atoms with Crippen molar-refractivity contribution in [1.29, 1.82) is 0 Å². The number of hydrogen-bond donors (Lipinski definition) is 2. The van der Waals surface area contributed by atoms with E-state index in [-0.39, 0.29) is 42.1 Å². The molecule has 6 nitrogen and oxygen atoms in total. The van der Waals surface area contributed by atoms with Crippen molar-refractivity contribution in [2.24, 2.45) is 5.92 Å². The topological polar surface area (TPSA) is 86.7 Å². The average molecular weight is 533 g/mol. The molecule has 1 heterocycles. The molecule has 0 radical (unpaired) electrons. The number of piperidine rings is 1. The molecule has 0 bridgehead atoms. The number of hydrogen-bond acceptors (Lipinski definition) is 4. The van der Waals surface area contributed by atoms with Crippen LogP contribution < -0.4 is 5.32 Å². The van der Waals surface area contributed by atoms with Gasteiger partial charge >= 0.3 is 12.2 Å². The number of benzene rings is 2. The maximum absolute atomic E-state index is 13.6. The number of carbonyl (C=O) groups excluding carboxylic acids is 3. The van der Waals surface area contributed by atoms with Gasteiger partial charge in [0.05, 0.1) is 11.2 Å². The molecule has 3 rings (SSSR count). The molecule has 2 aromatic carbocycles. The van der Waals surface area contributed by atoms with Gasteiger partial charge in [0.1, 0.15) is 0 Å². The molecule has 2 N–H and O–H groups in total. The first-order chi connectivity index (χ1) is 17.9. The molecule has 2 aromatic rings. The van der Waals surface area contributed by atoms with Crippen LogP contribution in [0.1, 0.15) is 91.1 Å². The van der Waals surface area contributed by atoms with E-state index in [1.165, 1.54) is 35.2 Å². The third-order valence-electron chi connectivity index (χ3n) is 7.37. The zero-order valence-corrected chi connectivity index (χ0v) is 22.0. The Morgan fingerprint density at radius 1 is 0.947 bits per heavy atom. The molecule has 0 unspecified atom stereocenters. The summed E-state index contributed by atoms with van der Waals surface area (Å²) in [7, 11) is 0. The lowest BCUT2D eigenvalue weighted by atomic mass is 9.81. The molecule has 38 heavy (non-hydrogen) atoms. The largest absolute Gasteiger partial charge is 0.416 e. The van der Waals surface area contributed by atoms with Gasteiger partial charge in [-0.3, -0.25) is 9.59 Å². The molecule has 0 aromatic heterocycles. The van der Waals surface area contributed by atoms with Crippen molar-refractivity contribution in [3.63, 3.8) is 0 Å². The standard InChI is InChI=1S/C29H35F3N2O4/c1-4-19(5-2)18-28(38)11-13-34(14-12-28)27(37)33-24-16-22(15-23(17-24)29(30,31)32)26(36)21-9-7-20(8-10-21)25(35)6-3/h7-10,15-17,19,38H,4-6,11-14,18H2,1-3H3,(H,33,37). The Labute approximate surface area is 221 Å². The number of halogens is 3. The van der Waals surface area contributed by atoms with Gasteiger partial charge in [-0.05, 0) is 43.4 Å². The van der Waals surface area contributed by atoms with Crippen LogP contribution in [0.15, 0.2) is 42.5 Å². The molecule has 0 spiro atoms. The van der Waals surface area contributed by atoms with E-state index >= 15 is 0 Å². The summed E-state index contributed by atoms with van der Waals surface area (Å²) in [6.07, 6.45) is -1.09. The summed E-state index contributed by atoms with van der Waals surface area (Å²) in [5.41, 5.74) is -1.77. The van der Waals surface area contributed by atoms with Gasteiger partial charge in [-0.1, -0.05) is 57.9 Å². The Bertz CT molecular complexity index is 1150.